The Morgan fingerprint density at radius 1 is 1.55 bits per heavy atom. The Morgan fingerprint density at radius 2 is 2.25 bits per heavy atom. The number of methoxy groups -OCH3 is 1. The van der Waals surface area contributed by atoms with Crippen LogP contribution in [0.1, 0.15) is 18.5 Å². The second kappa shape index (κ2) is 5.97. The van der Waals surface area contributed by atoms with Gasteiger partial charge in [0.05, 0.1) is 18.7 Å². The lowest BCUT2D eigenvalue weighted by Gasteiger charge is -2.30. The van der Waals surface area contributed by atoms with Crippen LogP contribution >= 0.6 is 22.9 Å². The zero-order valence-electron chi connectivity index (χ0n) is 11.1. The van der Waals surface area contributed by atoms with Crippen LogP contribution in [0.4, 0.5) is 0 Å². The molecule has 0 N–H and O–H groups in total. The van der Waals surface area contributed by atoms with Crippen LogP contribution in [0.3, 0.4) is 0 Å². The number of hydrogen-bond acceptors (Lipinski definition) is 6. The highest BCUT2D eigenvalue weighted by Crippen LogP contribution is 2.31. The van der Waals surface area contributed by atoms with E-state index in [1.54, 1.807) is 6.92 Å². The number of halogens is 1. The van der Waals surface area contributed by atoms with Gasteiger partial charge in [0.1, 0.15) is 0 Å². The summed E-state index contributed by atoms with van der Waals surface area (Å²) in [6.45, 7) is 2.14. The molecule has 20 heavy (non-hydrogen) atoms. The molecule has 0 aromatic carbocycles. The fourth-order valence-electron chi connectivity index (χ4n) is 2.23. The van der Waals surface area contributed by atoms with Crippen molar-refractivity contribution in [3.05, 3.63) is 10.2 Å². The Balaban J connectivity index is 2.26. The van der Waals surface area contributed by atoms with Gasteiger partial charge in [-0.05, 0) is 19.8 Å². The first-order valence-corrected chi connectivity index (χ1v) is 8.70. The first-order chi connectivity index (χ1) is 9.36. The van der Waals surface area contributed by atoms with E-state index in [1.807, 2.05) is 0 Å². The Kier molecular flexibility index (Phi) is 4.68. The largest absolute Gasteiger partial charge is 0.469 e. The summed E-state index contributed by atoms with van der Waals surface area (Å²) in [5.74, 6) is -0.781. The molecule has 6 nitrogen and oxygen atoms in total. The number of hydrogen-bond donors (Lipinski definition) is 0. The molecule has 1 atom stereocenters. The summed E-state index contributed by atoms with van der Waals surface area (Å²) in [6.07, 6.45) is 1.27. The average Bonchev–Trinajstić information content (AvgIpc) is 2.77. The van der Waals surface area contributed by atoms with E-state index in [4.69, 9.17) is 16.3 Å². The number of ether oxygens (including phenoxy) is 1. The molecule has 9 heteroatoms. The summed E-state index contributed by atoms with van der Waals surface area (Å²) < 4.78 is 31.5. The van der Waals surface area contributed by atoms with Crippen molar-refractivity contribution in [2.45, 2.75) is 24.0 Å². The summed E-state index contributed by atoms with van der Waals surface area (Å²) >= 11 is 6.70. The summed E-state index contributed by atoms with van der Waals surface area (Å²) in [7, 11) is -2.34. The second-order valence-corrected chi connectivity index (χ2v) is 8.28. The number of carbonyl (C=O) groups is 1. The predicted octanol–water partition coefficient (Wildman–Crippen LogP) is 1.68. The third kappa shape index (κ3) is 2.98. The molecule has 0 amide bonds. The van der Waals surface area contributed by atoms with Crippen molar-refractivity contribution in [3.63, 3.8) is 0 Å². The molecule has 0 bridgehead atoms. The van der Waals surface area contributed by atoms with Gasteiger partial charge in [-0.2, -0.15) is 4.31 Å². The standard InChI is InChI=1S/C11H15ClN2O4S2/c1-7-10(19-11(12)13-7)20(16,17)14-5-3-4-8(6-14)9(15)18-2/h8H,3-6H2,1-2H3. The average molecular weight is 339 g/mol. The van der Waals surface area contributed by atoms with Gasteiger partial charge in [0, 0.05) is 13.1 Å². The maximum atomic E-state index is 12.6. The summed E-state index contributed by atoms with van der Waals surface area (Å²) in [6, 6.07) is 0. The zero-order valence-corrected chi connectivity index (χ0v) is 13.5. The van der Waals surface area contributed by atoms with Gasteiger partial charge in [0.2, 0.25) is 0 Å². The van der Waals surface area contributed by atoms with Gasteiger partial charge in [0.25, 0.3) is 10.0 Å². The van der Waals surface area contributed by atoms with Crippen molar-refractivity contribution < 1.29 is 17.9 Å². The van der Waals surface area contributed by atoms with E-state index in [-0.39, 0.29) is 21.2 Å². The third-order valence-electron chi connectivity index (χ3n) is 3.22. The number of nitrogens with zero attached hydrogens (tertiary/aromatic N) is 2. The van der Waals surface area contributed by atoms with Crippen molar-refractivity contribution in [2.75, 3.05) is 20.2 Å². The van der Waals surface area contributed by atoms with Crippen LogP contribution in [0.5, 0.6) is 0 Å². The van der Waals surface area contributed by atoms with Gasteiger partial charge < -0.3 is 4.74 Å². The molecule has 0 spiro atoms. The van der Waals surface area contributed by atoms with Crippen molar-refractivity contribution in [3.8, 4) is 0 Å². The molecule has 1 aromatic rings. The molecule has 1 aliphatic rings. The van der Waals surface area contributed by atoms with Gasteiger partial charge in [0.15, 0.2) is 8.68 Å². The molecule has 112 valence electrons. The molecule has 0 radical (unpaired) electrons. The van der Waals surface area contributed by atoms with Crippen molar-refractivity contribution in [2.24, 2.45) is 5.92 Å². The van der Waals surface area contributed by atoms with Gasteiger partial charge in [-0.1, -0.05) is 22.9 Å². The Bertz CT molecular complexity index is 614. The van der Waals surface area contributed by atoms with E-state index < -0.39 is 15.9 Å². The SMILES string of the molecule is COC(=O)C1CCCN(S(=O)(=O)c2sc(Cl)nc2C)C1. The van der Waals surface area contributed by atoms with E-state index in [1.165, 1.54) is 11.4 Å². The molecule has 1 aliphatic heterocycles. The lowest BCUT2D eigenvalue weighted by molar-refractivity contribution is -0.146. The van der Waals surface area contributed by atoms with Gasteiger partial charge in [-0.15, -0.1) is 0 Å². The van der Waals surface area contributed by atoms with Crippen LogP contribution in [0, 0.1) is 12.8 Å². The number of esters is 1. The molecule has 2 rings (SSSR count). The van der Waals surface area contributed by atoms with Crippen LogP contribution in [-0.4, -0.2) is 43.9 Å². The summed E-state index contributed by atoms with van der Waals surface area (Å²) in [5, 5.41) is 0. The van der Waals surface area contributed by atoms with Crippen LogP contribution in [0.15, 0.2) is 4.21 Å². The van der Waals surface area contributed by atoms with Crippen molar-refractivity contribution in [1.82, 2.24) is 9.29 Å². The maximum Gasteiger partial charge on any atom is 0.309 e. The monoisotopic (exact) mass is 338 g/mol. The number of piperidine rings is 1. The van der Waals surface area contributed by atoms with E-state index in [2.05, 4.69) is 4.98 Å². The lowest BCUT2D eigenvalue weighted by atomic mass is 10.0. The number of aromatic nitrogens is 1. The number of sulfonamides is 1. The smallest absolute Gasteiger partial charge is 0.309 e. The fraction of sp³-hybridized carbons (Fsp3) is 0.636. The predicted molar refractivity (Wildman–Crippen MR) is 75.4 cm³/mol. The Hall–Kier alpha value is -0.700. The first kappa shape index (κ1) is 15.7. The van der Waals surface area contributed by atoms with E-state index in [0.29, 0.717) is 25.1 Å². The Labute approximate surface area is 126 Å². The molecular formula is C11H15ClN2O4S2. The maximum absolute atomic E-state index is 12.6. The molecule has 1 saturated heterocycles. The number of thiazole rings is 1. The number of carbonyl (C=O) groups excluding carboxylic acids is 1. The fourth-order valence-corrected chi connectivity index (χ4v) is 5.62. The highest BCUT2D eigenvalue weighted by Gasteiger charge is 2.35. The molecule has 0 aliphatic carbocycles. The van der Waals surface area contributed by atoms with E-state index in [9.17, 15) is 13.2 Å². The first-order valence-electron chi connectivity index (χ1n) is 6.07. The second-order valence-electron chi connectivity index (χ2n) is 4.57. The minimum Gasteiger partial charge on any atom is -0.469 e. The van der Waals surface area contributed by atoms with Crippen LogP contribution in [0.2, 0.25) is 4.47 Å². The number of rotatable bonds is 3. The zero-order chi connectivity index (χ0) is 14.9. The van der Waals surface area contributed by atoms with E-state index >= 15 is 0 Å². The number of aryl methyl sites for hydroxylation is 1. The molecule has 1 unspecified atom stereocenters. The minimum absolute atomic E-state index is 0.143. The normalized spacial score (nSPS) is 20.9. The van der Waals surface area contributed by atoms with Gasteiger partial charge in [-0.25, -0.2) is 13.4 Å². The van der Waals surface area contributed by atoms with Gasteiger partial charge >= 0.3 is 5.97 Å². The minimum atomic E-state index is -3.65. The van der Waals surface area contributed by atoms with E-state index in [0.717, 1.165) is 11.3 Å². The van der Waals surface area contributed by atoms with Crippen LogP contribution < -0.4 is 0 Å². The molecule has 2 heterocycles. The summed E-state index contributed by atoms with van der Waals surface area (Å²) in [4.78, 5) is 15.5. The third-order valence-corrected chi connectivity index (χ3v) is 6.93. The highest BCUT2D eigenvalue weighted by atomic mass is 35.5. The van der Waals surface area contributed by atoms with Gasteiger partial charge in [-0.3, -0.25) is 4.79 Å². The molecule has 0 saturated carbocycles. The van der Waals surface area contributed by atoms with Crippen LogP contribution in [0.25, 0.3) is 0 Å². The summed E-state index contributed by atoms with van der Waals surface area (Å²) in [5.41, 5.74) is 0.389. The van der Waals surface area contributed by atoms with Crippen LogP contribution in [-0.2, 0) is 19.6 Å². The Morgan fingerprint density at radius 3 is 2.80 bits per heavy atom. The van der Waals surface area contributed by atoms with Crippen molar-refractivity contribution in [1.29, 1.82) is 0 Å². The molecule has 1 aromatic heterocycles. The molecule has 1 fully saturated rings. The lowest BCUT2D eigenvalue weighted by Crippen LogP contribution is -2.42. The highest BCUT2D eigenvalue weighted by molar-refractivity contribution is 7.91. The topological polar surface area (TPSA) is 76.6 Å². The quantitative estimate of drug-likeness (QED) is 0.784. The molecular weight excluding hydrogens is 324 g/mol. The van der Waals surface area contributed by atoms with Crippen molar-refractivity contribution >= 4 is 38.9 Å².